The molecule has 0 spiro atoms. The third kappa shape index (κ3) is 6.97. The average molecular weight is 521 g/mol. The fourth-order valence-corrected chi connectivity index (χ4v) is 4.03. The minimum Gasteiger partial charge on any atom is -0.332 e. The van der Waals surface area contributed by atoms with Crippen LogP contribution in [0.3, 0.4) is 0 Å². The molecule has 1 aromatic heterocycles. The van der Waals surface area contributed by atoms with E-state index in [9.17, 15) is 18.0 Å². The van der Waals surface area contributed by atoms with E-state index >= 15 is 0 Å². The number of rotatable bonds is 6. The molecule has 0 radical (unpaired) electrons. The maximum Gasteiger partial charge on any atom is 0.416 e. The van der Waals surface area contributed by atoms with Gasteiger partial charge in [-0.25, -0.2) is 4.98 Å². The Labute approximate surface area is 218 Å². The van der Waals surface area contributed by atoms with Crippen LogP contribution in [-0.4, -0.2) is 53.2 Å². The van der Waals surface area contributed by atoms with Gasteiger partial charge in [-0.3, -0.25) is 9.69 Å². The van der Waals surface area contributed by atoms with Gasteiger partial charge < -0.3 is 21.0 Å². The van der Waals surface area contributed by atoms with Crippen LogP contribution in [0.4, 0.5) is 18.9 Å². The molecule has 1 saturated heterocycles. The highest BCUT2D eigenvalue weighted by Gasteiger charge is 2.34. The number of nitrogens with one attached hydrogen (secondary N) is 4. The van der Waals surface area contributed by atoms with Gasteiger partial charge in [-0.05, 0) is 60.4 Å². The summed E-state index contributed by atoms with van der Waals surface area (Å²) < 4.78 is 41.5. The van der Waals surface area contributed by atoms with Crippen molar-refractivity contribution in [1.29, 1.82) is 5.41 Å². The lowest BCUT2D eigenvalue weighted by atomic mass is 10.0. The van der Waals surface area contributed by atoms with Crippen LogP contribution in [0.1, 0.15) is 44.1 Å². The second-order valence-electron chi connectivity index (χ2n) is 8.84. The summed E-state index contributed by atoms with van der Waals surface area (Å²) in [4.78, 5) is 22.0. The number of amides is 1. The first-order valence-corrected chi connectivity index (χ1v) is 12.0. The van der Waals surface area contributed by atoms with E-state index in [-0.39, 0.29) is 23.4 Å². The molecule has 1 amide bonds. The number of hydrogen-bond donors (Lipinski definition) is 4. The summed E-state index contributed by atoms with van der Waals surface area (Å²) in [6.45, 7) is 4.88. The minimum atomic E-state index is -4.54. The third-order valence-corrected chi connectivity index (χ3v) is 6.05. The normalized spacial score (nSPS) is 14.2. The Morgan fingerprint density at radius 3 is 2.71 bits per heavy atom. The molecule has 2 heterocycles. The third-order valence-electron chi connectivity index (χ3n) is 6.05. The second kappa shape index (κ2) is 11.9. The summed E-state index contributed by atoms with van der Waals surface area (Å²) in [6.07, 6.45) is 1.32. The first kappa shape index (κ1) is 26.9. The van der Waals surface area contributed by atoms with Crippen molar-refractivity contribution < 1.29 is 18.0 Å². The number of nitrogens with zero attached hydrogens (tertiary/aromatic N) is 2. The van der Waals surface area contributed by atoms with E-state index in [1.165, 1.54) is 18.2 Å². The van der Waals surface area contributed by atoms with Gasteiger partial charge in [-0.2, -0.15) is 13.2 Å². The van der Waals surface area contributed by atoms with Crippen molar-refractivity contribution in [3.8, 4) is 11.8 Å². The maximum absolute atomic E-state index is 13.8. The van der Waals surface area contributed by atoms with Crippen molar-refractivity contribution in [3.63, 3.8) is 0 Å². The molecule has 0 atom stereocenters. The van der Waals surface area contributed by atoms with E-state index in [0.29, 0.717) is 30.2 Å². The van der Waals surface area contributed by atoms with Gasteiger partial charge in [0.05, 0.1) is 11.8 Å². The van der Waals surface area contributed by atoms with Crippen LogP contribution in [-0.2, 0) is 12.7 Å². The molecule has 1 aliphatic rings. The van der Waals surface area contributed by atoms with E-state index in [4.69, 9.17) is 5.41 Å². The van der Waals surface area contributed by atoms with E-state index in [1.54, 1.807) is 30.5 Å². The summed E-state index contributed by atoms with van der Waals surface area (Å²) >= 11 is 0. The molecule has 10 heteroatoms. The number of aromatic amines is 1. The van der Waals surface area contributed by atoms with Crippen LogP contribution < -0.4 is 10.6 Å². The highest BCUT2D eigenvalue weighted by atomic mass is 19.4. The summed E-state index contributed by atoms with van der Waals surface area (Å²) in [7, 11) is 0. The molecule has 4 rings (SSSR count). The topological polar surface area (TPSA) is 96.9 Å². The zero-order valence-corrected chi connectivity index (χ0v) is 20.7. The van der Waals surface area contributed by atoms with Gasteiger partial charge in [-0.15, -0.1) is 0 Å². The van der Waals surface area contributed by atoms with Crippen molar-refractivity contribution in [2.45, 2.75) is 19.6 Å². The zero-order valence-electron chi connectivity index (χ0n) is 20.7. The summed E-state index contributed by atoms with van der Waals surface area (Å²) in [6, 6.07) is 8.88. The zero-order chi connectivity index (χ0) is 27.1. The van der Waals surface area contributed by atoms with Gasteiger partial charge in [0.25, 0.3) is 5.91 Å². The molecule has 3 aromatic rings. The number of hydrogen-bond acceptors (Lipinski definition) is 5. The Morgan fingerprint density at radius 2 is 1.97 bits per heavy atom. The molecular weight excluding hydrogens is 493 g/mol. The first-order chi connectivity index (χ1) is 18.2. The lowest BCUT2D eigenvalue weighted by molar-refractivity contribution is -0.138. The van der Waals surface area contributed by atoms with Crippen molar-refractivity contribution in [2.75, 3.05) is 31.5 Å². The van der Waals surface area contributed by atoms with Crippen LogP contribution in [0.5, 0.6) is 0 Å². The summed E-state index contributed by atoms with van der Waals surface area (Å²) in [5, 5.41) is 12.8. The number of halogens is 3. The van der Waals surface area contributed by atoms with Crippen molar-refractivity contribution in [1.82, 2.24) is 20.2 Å². The molecule has 7 nitrogen and oxygen atoms in total. The Balaban J connectivity index is 1.51. The van der Waals surface area contributed by atoms with Crippen LogP contribution >= 0.6 is 0 Å². The van der Waals surface area contributed by atoms with E-state index in [2.05, 4.69) is 32.4 Å². The molecule has 0 unspecified atom stereocenters. The van der Waals surface area contributed by atoms with Crippen molar-refractivity contribution >= 4 is 23.9 Å². The molecule has 38 heavy (non-hydrogen) atoms. The predicted molar refractivity (Wildman–Crippen MR) is 141 cm³/mol. The number of piperazine rings is 1. The van der Waals surface area contributed by atoms with E-state index in [1.807, 2.05) is 11.8 Å². The van der Waals surface area contributed by atoms with E-state index in [0.717, 1.165) is 30.9 Å². The van der Waals surface area contributed by atoms with Gasteiger partial charge >= 0.3 is 6.18 Å². The number of H-pyrrole nitrogens is 1. The van der Waals surface area contributed by atoms with Gasteiger partial charge in [-0.1, -0.05) is 18.1 Å². The molecule has 0 saturated carbocycles. The van der Waals surface area contributed by atoms with Crippen molar-refractivity contribution in [3.05, 3.63) is 88.0 Å². The summed E-state index contributed by atoms with van der Waals surface area (Å²) in [5.41, 5.74) is 1.78. The summed E-state index contributed by atoms with van der Waals surface area (Å²) in [5.74, 6) is 5.98. The monoisotopic (exact) mass is 520 g/mol. The number of aryl methyl sites for hydroxylation is 1. The number of anilines is 1. The molecule has 4 N–H and O–H groups in total. The number of aromatic nitrogens is 2. The van der Waals surface area contributed by atoms with Crippen LogP contribution in [0.2, 0.25) is 0 Å². The largest absolute Gasteiger partial charge is 0.416 e. The fraction of sp³-hybridized carbons (Fsp3) is 0.250. The number of allylic oxidation sites excluding steroid dienone is 1. The highest BCUT2D eigenvalue weighted by molar-refractivity contribution is 6.04. The fourth-order valence-electron chi connectivity index (χ4n) is 4.03. The molecule has 0 bridgehead atoms. The van der Waals surface area contributed by atoms with E-state index < -0.39 is 17.6 Å². The number of imidazole rings is 1. The van der Waals surface area contributed by atoms with Crippen LogP contribution in [0.15, 0.2) is 48.7 Å². The smallest absolute Gasteiger partial charge is 0.332 e. The molecule has 0 aliphatic carbocycles. The second-order valence-corrected chi connectivity index (χ2v) is 8.84. The van der Waals surface area contributed by atoms with Gasteiger partial charge in [0.15, 0.2) is 0 Å². The standard InChI is InChI=1S/C28H27F3N6O/c1-19-4-5-21(15-20(19)6-9-24-17-34-26(35-24)3-2-10-32)27(38)36-23-8-7-22(25(16-23)28(29,30)31)18-37-13-11-33-12-14-37/h2-5,7-8,10,15-17,32-33H,11-14,18H2,1H3,(H,34,35)(H,36,38). The Hall–Kier alpha value is -4.20. The Kier molecular flexibility index (Phi) is 8.41. The maximum atomic E-state index is 13.8. The number of carbonyl (C=O) groups excluding carboxylic acids is 1. The quantitative estimate of drug-likeness (QED) is 0.285. The number of benzene rings is 2. The minimum absolute atomic E-state index is 0.0718. The van der Waals surface area contributed by atoms with Gasteiger partial charge in [0.1, 0.15) is 11.5 Å². The highest BCUT2D eigenvalue weighted by Crippen LogP contribution is 2.34. The number of carbonyl (C=O) groups is 1. The average Bonchev–Trinajstić information content (AvgIpc) is 3.35. The predicted octanol–water partition coefficient (Wildman–Crippen LogP) is 4.46. The molecule has 196 valence electrons. The SMILES string of the molecule is Cc1ccc(C(=O)Nc2ccc(CN3CCNCC3)c(C(F)(F)F)c2)cc1C#Cc1cnc(C=CC=N)[nH]1. The lowest BCUT2D eigenvalue weighted by Crippen LogP contribution is -2.43. The van der Waals surface area contributed by atoms with Crippen molar-refractivity contribution in [2.24, 2.45) is 0 Å². The first-order valence-electron chi connectivity index (χ1n) is 12.0. The van der Waals surface area contributed by atoms with Crippen LogP contribution in [0.25, 0.3) is 6.08 Å². The lowest BCUT2D eigenvalue weighted by Gasteiger charge is -2.28. The molecular formula is C28H27F3N6O. The number of alkyl halides is 3. The molecule has 1 fully saturated rings. The van der Waals surface area contributed by atoms with Gasteiger partial charge in [0, 0.05) is 55.8 Å². The molecule has 1 aliphatic heterocycles. The Morgan fingerprint density at radius 1 is 1.18 bits per heavy atom. The van der Waals surface area contributed by atoms with Gasteiger partial charge in [0.2, 0.25) is 0 Å². The molecule has 2 aromatic carbocycles. The Bertz CT molecular complexity index is 1410. The van der Waals surface area contributed by atoms with Crippen LogP contribution in [0, 0.1) is 24.2 Å².